The minimum Gasteiger partial charge on any atom is -0.384 e. The number of rotatable bonds is 6. The van der Waals surface area contributed by atoms with Crippen LogP contribution in [-0.4, -0.2) is 20.1 Å². The van der Waals surface area contributed by atoms with Gasteiger partial charge in [0.2, 0.25) is 10.0 Å². The van der Waals surface area contributed by atoms with Gasteiger partial charge in [-0.2, -0.15) is 0 Å². The van der Waals surface area contributed by atoms with E-state index in [0.29, 0.717) is 10.6 Å². The Morgan fingerprint density at radius 3 is 2.41 bits per heavy atom. The van der Waals surface area contributed by atoms with Crippen molar-refractivity contribution in [3.8, 4) is 0 Å². The Labute approximate surface area is 139 Å². The molecule has 0 aliphatic rings. The standard InChI is InChI=1S/C15H18ClNO3S2/c1-3-13-8-9-14(21-13)22(19,20)17-10-15(2,18)11-4-6-12(16)7-5-11/h4-9,17-18H,3,10H2,1-2H3. The summed E-state index contributed by atoms with van der Waals surface area (Å²) in [6, 6.07) is 10.1. The lowest BCUT2D eigenvalue weighted by atomic mass is 9.97. The van der Waals surface area contributed by atoms with E-state index in [0.717, 1.165) is 11.3 Å². The van der Waals surface area contributed by atoms with Gasteiger partial charge >= 0.3 is 0 Å². The van der Waals surface area contributed by atoms with Crippen molar-refractivity contribution in [1.82, 2.24) is 4.72 Å². The molecule has 0 radical (unpaired) electrons. The molecule has 4 nitrogen and oxygen atoms in total. The zero-order valence-corrected chi connectivity index (χ0v) is 14.7. The number of hydrogen-bond donors (Lipinski definition) is 2. The van der Waals surface area contributed by atoms with Crippen LogP contribution in [0.4, 0.5) is 0 Å². The minimum atomic E-state index is -3.62. The monoisotopic (exact) mass is 359 g/mol. The lowest BCUT2D eigenvalue weighted by molar-refractivity contribution is 0.0628. The summed E-state index contributed by atoms with van der Waals surface area (Å²) in [6.07, 6.45) is 0.794. The van der Waals surface area contributed by atoms with Crippen LogP contribution < -0.4 is 4.72 Å². The third kappa shape index (κ3) is 4.08. The summed E-state index contributed by atoms with van der Waals surface area (Å²) < 4.78 is 27.2. The predicted molar refractivity (Wildman–Crippen MR) is 89.9 cm³/mol. The maximum absolute atomic E-state index is 12.3. The van der Waals surface area contributed by atoms with Gasteiger partial charge < -0.3 is 5.11 Å². The molecule has 2 rings (SSSR count). The highest BCUT2D eigenvalue weighted by molar-refractivity contribution is 7.91. The fraction of sp³-hybridized carbons (Fsp3) is 0.333. The first-order valence-corrected chi connectivity index (χ1v) is 9.49. The molecule has 2 N–H and O–H groups in total. The second-order valence-electron chi connectivity index (χ2n) is 5.18. The first-order chi connectivity index (χ1) is 10.2. The molecule has 2 aromatic rings. The van der Waals surface area contributed by atoms with Gasteiger partial charge in [0.1, 0.15) is 9.81 Å². The molecule has 1 atom stereocenters. The van der Waals surface area contributed by atoms with Crippen LogP contribution in [0.3, 0.4) is 0 Å². The van der Waals surface area contributed by atoms with Crippen molar-refractivity contribution >= 4 is 33.0 Å². The van der Waals surface area contributed by atoms with Crippen molar-refractivity contribution < 1.29 is 13.5 Å². The molecule has 0 saturated heterocycles. The van der Waals surface area contributed by atoms with Gasteiger partial charge in [0.05, 0.1) is 0 Å². The van der Waals surface area contributed by atoms with E-state index in [4.69, 9.17) is 11.6 Å². The quantitative estimate of drug-likeness (QED) is 0.832. The number of aliphatic hydroxyl groups is 1. The molecule has 22 heavy (non-hydrogen) atoms. The average Bonchev–Trinajstić information content (AvgIpc) is 2.96. The fourth-order valence-electron chi connectivity index (χ4n) is 1.91. The van der Waals surface area contributed by atoms with Crippen LogP contribution in [0.5, 0.6) is 0 Å². The second kappa shape index (κ2) is 6.68. The van der Waals surface area contributed by atoms with Gasteiger partial charge in [0.15, 0.2) is 0 Å². The Hall–Kier alpha value is -0.920. The van der Waals surface area contributed by atoms with Gasteiger partial charge in [0.25, 0.3) is 0 Å². The molecule has 0 aliphatic heterocycles. The van der Waals surface area contributed by atoms with Crippen molar-refractivity contribution in [2.24, 2.45) is 0 Å². The number of benzene rings is 1. The van der Waals surface area contributed by atoms with E-state index in [1.54, 1.807) is 43.3 Å². The van der Waals surface area contributed by atoms with Crippen LogP contribution >= 0.6 is 22.9 Å². The highest BCUT2D eigenvalue weighted by Crippen LogP contribution is 2.24. The summed E-state index contributed by atoms with van der Waals surface area (Å²) in [6.45, 7) is 3.42. The molecule has 1 heterocycles. The Kier molecular flexibility index (Phi) is 5.29. The van der Waals surface area contributed by atoms with E-state index >= 15 is 0 Å². The first-order valence-electron chi connectivity index (χ1n) is 6.81. The maximum Gasteiger partial charge on any atom is 0.250 e. The molecular weight excluding hydrogens is 342 g/mol. The summed E-state index contributed by atoms with van der Waals surface area (Å²) in [5.74, 6) is 0. The predicted octanol–water partition coefficient (Wildman–Crippen LogP) is 3.15. The van der Waals surface area contributed by atoms with Crippen LogP contribution in [0.25, 0.3) is 0 Å². The van der Waals surface area contributed by atoms with Crippen molar-refractivity contribution in [2.45, 2.75) is 30.1 Å². The van der Waals surface area contributed by atoms with Crippen LogP contribution in [0.15, 0.2) is 40.6 Å². The Bertz CT molecular complexity index is 736. The third-order valence-corrected chi connectivity index (χ3v) is 6.70. The van der Waals surface area contributed by atoms with Gasteiger partial charge in [-0.25, -0.2) is 13.1 Å². The minimum absolute atomic E-state index is 0.115. The molecule has 0 bridgehead atoms. The van der Waals surface area contributed by atoms with E-state index in [-0.39, 0.29) is 10.8 Å². The Morgan fingerprint density at radius 1 is 1.23 bits per heavy atom. The molecule has 1 aromatic carbocycles. The average molecular weight is 360 g/mol. The van der Waals surface area contributed by atoms with Gasteiger partial charge in [0, 0.05) is 16.4 Å². The van der Waals surface area contributed by atoms with Crippen LogP contribution in [0.1, 0.15) is 24.3 Å². The van der Waals surface area contributed by atoms with Crippen molar-refractivity contribution in [3.05, 3.63) is 51.9 Å². The van der Waals surface area contributed by atoms with E-state index in [9.17, 15) is 13.5 Å². The number of aryl methyl sites for hydroxylation is 1. The zero-order valence-electron chi connectivity index (χ0n) is 12.3. The van der Waals surface area contributed by atoms with E-state index in [1.807, 2.05) is 6.92 Å². The molecular formula is C15H18ClNO3S2. The Morgan fingerprint density at radius 2 is 1.86 bits per heavy atom. The Balaban J connectivity index is 2.11. The number of nitrogens with one attached hydrogen (secondary N) is 1. The van der Waals surface area contributed by atoms with Crippen LogP contribution in [0.2, 0.25) is 5.02 Å². The molecule has 0 spiro atoms. The van der Waals surface area contributed by atoms with Gasteiger partial charge in [-0.05, 0) is 43.2 Å². The lowest BCUT2D eigenvalue weighted by Gasteiger charge is -2.24. The summed E-state index contributed by atoms with van der Waals surface area (Å²) in [7, 11) is -3.62. The zero-order chi connectivity index (χ0) is 16.4. The molecule has 0 aliphatic carbocycles. The highest BCUT2D eigenvalue weighted by Gasteiger charge is 2.26. The normalized spacial score (nSPS) is 14.7. The van der Waals surface area contributed by atoms with E-state index in [1.165, 1.54) is 11.3 Å². The summed E-state index contributed by atoms with van der Waals surface area (Å²) >= 11 is 7.05. The topological polar surface area (TPSA) is 66.4 Å². The maximum atomic E-state index is 12.3. The molecule has 0 saturated carbocycles. The van der Waals surface area contributed by atoms with Crippen LogP contribution in [-0.2, 0) is 22.0 Å². The molecule has 7 heteroatoms. The molecule has 1 aromatic heterocycles. The lowest BCUT2D eigenvalue weighted by Crippen LogP contribution is -2.38. The highest BCUT2D eigenvalue weighted by atomic mass is 35.5. The van der Waals surface area contributed by atoms with E-state index < -0.39 is 15.6 Å². The second-order valence-corrected chi connectivity index (χ2v) is 8.78. The van der Waals surface area contributed by atoms with Crippen molar-refractivity contribution in [2.75, 3.05) is 6.54 Å². The number of hydrogen-bond acceptors (Lipinski definition) is 4. The third-order valence-electron chi connectivity index (χ3n) is 3.32. The van der Waals surface area contributed by atoms with Crippen molar-refractivity contribution in [3.63, 3.8) is 0 Å². The SMILES string of the molecule is CCc1ccc(S(=O)(=O)NCC(C)(O)c2ccc(Cl)cc2)s1. The summed E-state index contributed by atoms with van der Waals surface area (Å²) in [4.78, 5) is 1.00. The van der Waals surface area contributed by atoms with Crippen molar-refractivity contribution in [1.29, 1.82) is 0 Å². The van der Waals surface area contributed by atoms with E-state index in [2.05, 4.69) is 4.72 Å². The molecule has 1 unspecified atom stereocenters. The largest absolute Gasteiger partial charge is 0.384 e. The number of halogens is 1. The number of thiophene rings is 1. The summed E-state index contributed by atoms with van der Waals surface area (Å²) in [5, 5.41) is 11.0. The molecule has 0 amide bonds. The van der Waals surface area contributed by atoms with Gasteiger partial charge in [-0.1, -0.05) is 30.7 Å². The molecule has 120 valence electrons. The fourth-order valence-corrected chi connectivity index (χ4v) is 4.51. The smallest absolute Gasteiger partial charge is 0.250 e. The molecule has 0 fully saturated rings. The first kappa shape index (κ1) is 17.4. The van der Waals surface area contributed by atoms with Crippen LogP contribution in [0, 0.1) is 0 Å². The van der Waals surface area contributed by atoms with Gasteiger partial charge in [-0.3, -0.25) is 0 Å². The number of sulfonamides is 1. The van der Waals surface area contributed by atoms with Gasteiger partial charge in [-0.15, -0.1) is 11.3 Å². The summed E-state index contributed by atoms with van der Waals surface area (Å²) in [5.41, 5.74) is -0.720.